The second kappa shape index (κ2) is 11.4. The Morgan fingerprint density at radius 2 is 1.88 bits per heavy atom. The molecule has 0 spiro atoms. The van der Waals surface area contributed by atoms with E-state index in [2.05, 4.69) is 17.2 Å². The van der Waals surface area contributed by atoms with E-state index >= 15 is 0 Å². The number of aromatic nitrogens is 2. The maximum atomic E-state index is 13.4. The number of benzene rings is 1. The predicted octanol–water partition coefficient (Wildman–Crippen LogP) is 0.298. The van der Waals surface area contributed by atoms with Crippen LogP contribution in [0.4, 0.5) is 24.7 Å². The first-order chi connectivity index (χ1) is 19.0. The van der Waals surface area contributed by atoms with Crippen LogP contribution in [0.3, 0.4) is 0 Å². The topological polar surface area (TPSA) is 118 Å². The third-order valence-corrected chi connectivity index (χ3v) is 6.49. The van der Waals surface area contributed by atoms with Gasteiger partial charge in [-0.05, 0) is 19.1 Å². The van der Waals surface area contributed by atoms with Gasteiger partial charge in [-0.15, -0.1) is 11.0 Å². The van der Waals surface area contributed by atoms with Crippen molar-refractivity contribution in [2.24, 2.45) is 7.05 Å². The molecule has 0 radical (unpaired) electrons. The van der Waals surface area contributed by atoms with Gasteiger partial charge in [0.2, 0.25) is 0 Å². The van der Waals surface area contributed by atoms with Crippen molar-refractivity contribution in [2.45, 2.75) is 25.9 Å². The molecule has 214 valence electrons. The van der Waals surface area contributed by atoms with Crippen molar-refractivity contribution in [2.75, 3.05) is 49.8 Å². The van der Waals surface area contributed by atoms with Crippen molar-refractivity contribution >= 4 is 23.3 Å². The zero-order valence-electron chi connectivity index (χ0n) is 21.9. The van der Waals surface area contributed by atoms with Gasteiger partial charge in [0.15, 0.2) is 23.6 Å². The van der Waals surface area contributed by atoms with Gasteiger partial charge in [-0.2, -0.15) is 13.2 Å². The van der Waals surface area contributed by atoms with E-state index in [-0.39, 0.29) is 17.8 Å². The van der Waals surface area contributed by atoms with E-state index in [1.54, 1.807) is 24.0 Å². The Kier molecular flexibility index (Phi) is 8.21. The first kappa shape index (κ1) is 28.7. The Morgan fingerprint density at radius 1 is 1.18 bits per heavy atom. The molecule has 0 saturated carbocycles. The summed E-state index contributed by atoms with van der Waals surface area (Å²) >= 11 is 0. The van der Waals surface area contributed by atoms with Gasteiger partial charge in [0.05, 0.1) is 20.2 Å². The average Bonchev–Trinajstić information content (AvgIpc) is 3.26. The highest BCUT2D eigenvalue weighted by Gasteiger charge is 2.51. The smallest absolute Gasteiger partial charge is 0.493 e. The Hall–Kier alpha value is -4.29. The standard InChI is InChI=1S/C25H27F3N6O6/c1-4-5-11-32-19-20(34(40-22(37)25(26,27)28)23(32)31-12-9-29-10-13-31)33(24(38)30(2)21(19)36)15-18(35)16-7-6-8-17(14-16)39-3/h6-8,14,23,29H,9-13,15H2,1-3H3. The number of Topliss-reactive ketones (excluding diaryl/α,β-unsaturated/α-hetero) is 1. The normalized spacial score (nSPS) is 17.2. The van der Waals surface area contributed by atoms with Crippen LogP contribution in [0, 0.1) is 11.8 Å². The van der Waals surface area contributed by atoms with E-state index in [4.69, 9.17) is 9.57 Å². The number of alkyl halides is 3. The predicted molar refractivity (Wildman–Crippen MR) is 137 cm³/mol. The zero-order valence-corrected chi connectivity index (χ0v) is 21.9. The molecule has 3 heterocycles. The van der Waals surface area contributed by atoms with Crippen molar-refractivity contribution in [3.63, 3.8) is 0 Å². The van der Waals surface area contributed by atoms with Crippen molar-refractivity contribution in [3.05, 3.63) is 50.7 Å². The summed E-state index contributed by atoms with van der Waals surface area (Å²) in [5.41, 5.74) is -1.93. The number of hydroxylamine groups is 1. The largest absolute Gasteiger partial charge is 0.497 e. The summed E-state index contributed by atoms with van der Waals surface area (Å²) in [5, 5.41) is 3.71. The number of hydrogen-bond donors (Lipinski definition) is 1. The fourth-order valence-electron chi connectivity index (χ4n) is 4.56. The third-order valence-electron chi connectivity index (χ3n) is 6.49. The van der Waals surface area contributed by atoms with Crippen molar-refractivity contribution in [1.82, 2.24) is 19.4 Å². The molecular weight excluding hydrogens is 537 g/mol. The Balaban J connectivity index is 1.93. The van der Waals surface area contributed by atoms with E-state index in [0.29, 0.717) is 37.0 Å². The van der Waals surface area contributed by atoms with Gasteiger partial charge < -0.3 is 19.8 Å². The van der Waals surface area contributed by atoms with Crippen LogP contribution in [0.2, 0.25) is 0 Å². The fourth-order valence-corrected chi connectivity index (χ4v) is 4.56. The number of carbonyl (C=O) groups excluding carboxylic acids is 2. The fraction of sp³-hybridized carbons (Fsp3) is 0.440. The van der Waals surface area contributed by atoms with E-state index in [1.807, 2.05) is 0 Å². The number of rotatable bonds is 7. The quantitative estimate of drug-likeness (QED) is 0.372. The van der Waals surface area contributed by atoms with Crippen molar-refractivity contribution in [1.29, 1.82) is 0 Å². The SMILES string of the molecule is CC#CCN1c2c(n(CC(=O)c3cccc(OC)c3)c(=O)n(C)c2=O)N(OC(=O)C(F)(F)F)C1N1CCNCC1. The van der Waals surface area contributed by atoms with Gasteiger partial charge in [-0.3, -0.25) is 23.6 Å². The minimum Gasteiger partial charge on any atom is -0.497 e. The third kappa shape index (κ3) is 5.40. The molecule has 0 bridgehead atoms. The number of nitrogens with one attached hydrogen (secondary N) is 1. The lowest BCUT2D eigenvalue weighted by Gasteiger charge is -2.40. The van der Waals surface area contributed by atoms with Crippen LogP contribution >= 0.6 is 0 Å². The molecule has 1 atom stereocenters. The number of hydrogen-bond acceptors (Lipinski definition) is 10. The molecule has 1 saturated heterocycles. The monoisotopic (exact) mass is 564 g/mol. The summed E-state index contributed by atoms with van der Waals surface area (Å²) in [6.07, 6.45) is -6.64. The van der Waals surface area contributed by atoms with E-state index < -0.39 is 47.8 Å². The van der Waals surface area contributed by atoms with Crippen LogP contribution in [0.5, 0.6) is 5.75 Å². The molecule has 2 aromatic rings. The number of ketones is 1. The summed E-state index contributed by atoms with van der Waals surface area (Å²) in [6.45, 7) is 2.26. The van der Waals surface area contributed by atoms with Gasteiger partial charge in [0, 0.05) is 38.8 Å². The minimum absolute atomic E-state index is 0.143. The number of anilines is 2. The van der Waals surface area contributed by atoms with Gasteiger partial charge in [0.1, 0.15) is 5.75 Å². The number of fused-ring (bicyclic) bond motifs is 1. The summed E-state index contributed by atoms with van der Waals surface area (Å²) in [7, 11) is 2.59. The van der Waals surface area contributed by atoms with Crippen LogP contribution < -0.4 is 31.3 Å². The number of ether oxygens (including phenoxy) is 1. The maximum absolute atomic E-state index is 13.4. The van der Waals surface area contributed by atoms with E-state index in [9.17, 15) is 32.3 Å². The molecule has 1 aromatic carbocycles. The molecule has 12 nitrogen and oxygen atoms in total. The summed E-state index contributed by atoms with van der Waals surface area (Å²) in [6, 6.07) is 6.08. The van der Waals surface area contributed by atoms with Crippen LogP contribution in [-0.4, -0.2) is 78.1 Å². The van der Waals surface area contributed by atoms with E-state index in [1.165, 1.54) is 31.2 Å². The summed E-state index contributed by atoms with van der Waals surface area (Å²) in [4.78, 5) is 60.1. The Bertz CT molecular complexity index is 1490. The molecule has 0 aliphatic carbocycles. The lowest BCUT2D eigenvalue weighted by molar-refractivity contribution is -0.203. The molecular formula is C25H27F3N6O6. The lowest BCUT2D eigenvalue weighted by Crippen LogP contribution is -2.61. The molecule has 1 fully saturated rings. The van der Waals surface area contributed by atoms with Crippen LogP contribution in [0.15, 0.2) is 33.9 Å². The number of piperazine rings is 1. The second-order valence-corrected chi connectivity index (χ2v) is 8.95. The molecule has 0 amide bonds. The molecule has 15 heteroatoms. The van der Waals surface area contributed by atoms with Gasteiger partial charge in [0.25, 0.3) is 5.56 Å². The molecule has 1 N–H and O–H groups in total. The lowest BCUT2D eigenvalue weighted by atomic mass is 10.1. The van der Waals surface area contributed by atoms with Crippen molar-refractivity contribution < 1.29 is 32.3 Å². The number of halogens is 3. The van der Waals surface area contributed by atoms with E-state index in [0.717, 1.165) is 9.13 Å². The highest BCUT2D eigenvalue weighted by atomic mass is 19.4. The van der Waals surface area contributed by atoms with Crippen molar-refractivity contribution in [3.8, 4) is 17.6 Å². The Labute approximate surface area is 226 Å². The molecule has 2 aliphatic rings. The van der Waals surface area contributed by atoms with Crippen LogP contribution in [-0.2, 0) is 23.2 Å². The van der Waals surface area contributed by atoms with Gasteiger partial charge >= 0.3 is 17.8 Å². The first-order valence-corrected chi connectivity index (χ1v) is 12.2. The summed E-state index contributed by atoms with van der Waals surface area (Å²) < 4.78 is 47.0. The number of nitrogens with zero attached hydrogens (tertiary/aromatic N) is 5. The van der Waals surface area contributed by atoms with Crippen LogP contribution in [0.1, 0.15) is 17.3 Å². The molecule has 40 heavy (non-hydrogen) atoms. The minimum atomic E-state index is -5.38. The highest BCUT2D eigenvalue weighted by molar-refractivity contribution is 5.96. The summed E-state index contributed by atoms with van der Waals surface area (Å²) in [5.74, 6) is 2.23. The Morgan fingerprint density at radius 3 is 2.50 bits per heavy atom. The second-order valence-electron chi connectivity index (χ2n) is 8.95. The van der Waals surface area contributed by atoms with Gasteiger partial charge in [-0.25, -0.2) is 9.59 Å². The van der Waals surface area contributed by atoms with Crippen LogP contribution in [0.25, 0.3) is 0 Å². The first-order valence-electron chi connectivity index (χ1n) is 12.2. The molecule has 4 rings (SSSR count). The molecule has 2 aliphatic heterocycles. The number of methoxy groups -OCH3 is 1. The molecule has 1 aromatic heterocycles. The zero-order chi connectivity index (χ0) is 29.2. The van der Waals surface area contributed by atoms with Gasteiger partial charge in [-0.1, -0.05) is 18.1 Å². The molecule has 1 unspecified atom stereocenters. The number of carbonyl (C=O) groups is 2. The highest BCUT2D eigenvalue weighted by Crippen LogP contribution is 2.39. The average molecular weight is 565 g/mol. The maximum Gasteiger partial charge on any atom is 0.493 e.